The lowest BCUT2D eigenvalue weighted by atomic mass is 9.90. The predicted molar refractivity (Wildman–Crippen MR) is 80.7 cm³/mol. The summed E-state index contributed by atoms with van der Waals surface area (Å²) >= 11 is 0. The second-order valence-corrected chi connectivity index (χ2v) is 5.40. The maximum atomic E-state index is 13.8. The standard InChI is InChI=1S/C15H21FN2O.ClH/c1-10-5-6-13(16)12(8-10)15(19)18-7-3-4-11(2)14(18)9-17;/h5-6,8,11,14H,3-4,7,9,17H2,1-2H3;1H. The van der Waals surface area contributed by atoms with Gasteiger partial charge in [0.25, 0.3) is 5.91 Å². The van der Waals surface area contributed by atoms with Gasteiger partial charge in [-0.2, -0.15) is 0 Å². The predicted octanol–water partition coefficient (Wildman–Crippen LogP) is 2.76. The molecule has 1 aliphatic heterocycles. The van der Waals surface area contributed by atoms with Crippen LogP contribution < -0.4 is 5.73 Å². The van der Waals surface area contributed by atoms with Gasteiger partial charge in [-0.1, -0.05) is 18.6 Å². The first-order chi connectivity index (χ1) is 9.04. The Bertz CT molecular complexity index is 481. The summed E-state index contributed by atoms with van der Waals surface area (Å²) < 4.78 is 13.8. The summed E-state index contributed by atoms with van der Waals surface area (Å²) in [7, 11) is 0. The maximum absolute atomic E-state index is 13.8. The molecule has 0 aromatic heterocycles. The van der Waals surface area contributed by atoms with E-state index in [0.29, 0.717) is 19.0 Å². The number of carbonyl (C=O) groups is 1. The third-order valence-corrected chi connectivity index (χ3v) is 3.97. The van der Waals surface area contributed by atoms with Crippen LogP contribution in [0.25, 0.3) is 0 Å². The van der Waals surface area contributed by atoms with Crippen LogP contribution in [-0.4, -0.2) is 29.9 Å². The number of benzene rings is 1. The Morgan fingerprint density at radius 2 is 2.20 bits per heavy atom. The van der Waals surface area contributed by atoms with E-state index in [0.717, 1.165) is 18.4 Å². The van der Waals surface area contributed by atoms with E-state index in [1.165, 1.54) is 6.07 Å². The monoisotopic (exact) mass is 300 g/mol. The normalized spacial score (nSPS) is 22.3. The van der Waals surface area contributed by atoms with Crippen LogP contribution >= 0.6 is 12.4 Å². The number of amides is 1. The number of halogens is 2. The van der Waals surface area contributed by atoms with Gasteiger partial charge < -0.3 is 10.6 Å². The van der Waals surface area contributed by atoms with E-state index in [2.05, 4.69) is 6.92 Å². The van der Waals surface area contributed by atoms with Crippen molar-refractivity contribution in [2.45, 2.75) is 32.7 Å². The molecule has 2 N–H and O–H groups in total. The van der Waals surface area contributed by atoms with E-state index in [9.17, 15) is 9.18 Å². The number of hydrogen-bond donors (Lipinski definition) is 1. The highest BCUT2D eigenvalue weighted by atomic mass is 35.5. The van der Waals surface area contributed by atoms with Crippen LogP contribution in [0.5, 0.6) is 0 Å². The van der Waals surface area contributed by atoms with Crippen molar-refractivity contribution in [1.82, 2.24) is 4.90 Å². The molecule has 1 aromatic carbocycles. The Balaban J connectivity index is 0.00000200. The highest BCUT2D eigenvalue weighted by molar-refractivity contribution is 5.95. The molecule has 1 heterocycles. The van der Waals surface area contributed by atoms with Gasteiger partial charge >= 0.3 is 0 Å². The van der Waals surface area contributed by atoms with Crippen LogP contribution in [0.2, 0.25) is 0 Å². The van der Waals surface area contributed by atoms with Gasteiger partial charge in [0.2, 0.25) is 0 Å². The summed E-state index contributed by atoms with van der Waals surface area (Å²) in [4.78, 5) is 14.3. The molecule has 1 saturated heterocycles. The fourth-order valence-electron chi connectivity index (χ4n) is 2.82. The lowest BCUT2D eigenvalue weighted by molar-refractivity contribution is 0.0528. The number of carbonyl (C=O) groups excluding carboxylic acids is 1. The molecule has 0 spiro atoms. The number of nitrogens with zero attached hydrogens (tertiary/aromatic N) is 1. The molecule has 2 unspecified atom stereocenters. The van der Waals surface area contributed by atoms with Gasteiger partial charge in [0.05, 0.1) is 5.56 Å². The topological polar surface area (TPSA) is 46.3 Å². The molecule has 0 aliphatic carbocycles. The third-order valence-electron chi connectivity index (χ3n) is 3.97. The van der Waals surface area contributed by atoms with E-state index in [1.807, 2.05) is 6.92 Å². The third kappa shape index (κ3) is 3.30. The van der Waals surface area contributed by atoms with Crippen molar-refractivity contribution in [2.75, 3.05) is 13.1 Å². The van der Waals surface area contributed by atoms with Gasteiger partial charge in [-0.25, -0.2) is 4.39 Å². The molecule has 0 radical (unpaired) electrons. The molecule has 2 atom stereocenters. The highest BCUT2D eigenvalue weighted by Crippen LogP contribution is 2.25. The Hall–Kier alpha value is -1.13. The van der Waals surface area contributed by atoms with Crippen LogP contribution in [0.15, 0.2) is 18.2 Å². The Labute approximate surface area is 125 Å². The van der Waals surface area contributed by atoms with E-state index in [-0.39, 0.29) is 29.9 Å². The summed E-state index contributed by atoms with van der Waals surface area (Å²) in [6.45, 7) is 5.05. The molecule has 2 rings (SSSR count). The number of piperidine rings is 1. The minimum atomic E-state index is -0.454. The second kappa shape index (κ2) is 7.04. The fraction of sp³-hybridized carbons (Fsp3) is 0.533. The zero-order valence-electron chi connectivity index (χ0n) is 11.9. The molecule has 0 saturated carbocycles. The van der Waals surface area contributed by atoms with E-state index in [1.54, 1.807) is 17.0 Å². The molecule has 3 nitrogen and oxygen atoms in total. The minimum absolute atomic E-state index is 0. The van der Waals surface area contributed by atoms with Crippen molar-refractivity contribution in [3.63, 3.8) is 0 Å². The van der Waals surface area contributed by atoms with E-state index >= 15 is 0 Å². The summed E-state index contributed by atoms with van der Waals surface area (Å²) in [5.41, 5.74) is 6.83. The number of nitrogens with two attached hydrogens (primary N) is 1. The fourth-order valence-corrected chi connectivity index (χ4v) is 2.82. The molecule has 5 heteroatoms. The smallest absolute Gasteiger partial charge is 0.257 e. The van der Waals surface area contributed by atoms with Crippen LogP contribution in [-0.2, 0) is 0 Å². The van der Waals surface area contributed by atoms with Gasteiger partial charge in [-0.15, -0.1) is 12.4 Å². The van der Waals surface area contributed by atoms with Crippen LogP contribution in [0.4, 0.5) is 4.39 Å². The molecular weight excluding hydrogens is 279 g/mol. The molecule has 1 aliphatic rings. The van der Waals surface area contributed by atoms with Crippen molar-refractivity contribution in [3.05, 3.63) is 35.1 Å². The summed E-state index contributed by atoms with van der Waals surface area (Å²) in [5.74, 6) is -0.316. The van der Waals surface area contributed by atoms with Crippen molar-refractivity contribution < 1.29 is 9.18 Å². The average molecular weight is 301 g/mol. The van der Waals surface area contributed by atoms with Gasteiger partial charge in [-0.05, 0) is 37.8 Å². The molecular formula is C15H22ClFN2O. The average Bonchev–Trinajstić information content (AvgIpc) is 2.40. The van der Waals surface area contributed by atoms with E-state index < -0.39 is 5.82 Å². The largest absolute Gasteiger partial charge is 0.334 e. The number of aryl methyl sites for hydroxylation is 1. The van der Waals surface area contributed by atoms with Gasteiger partial charge in [0, 0.05) is 19.1 Å². The summed E-state index contributed by atoms with van der Waals surface area (Å²) in [6, 6.07) is 4.66. The summed E-state index contributed by atoms with van der Waals surface area (Å²) in [5, 5.41) is 0. The molecule has 0 bridgehead atoms. The maximum Gasteiger partial charge on any atom is 0.257 e. The lowest BCUT2D eigenvalue weighted by Crippen LogP contribution is -2.51. The van der Waals surface area contributed by atoms with Gasteiger partial charge in [-0.3, -0.25) is 4.79 Å². The zero-order chi connectivity index (χ0) is 14.0. The van der Waals surface area contributed by atoms with E-state index in [4.69, 9.17) is 5.73 Å². The Kier molecular flexibility index (Phi) is 5.96. The first-order valence-corrected chi connectivity index (χ1v) is 6.81. The molecule has 1 aromatic rings. The van der Waals surface area contributed by atoms with Gasteiger partial charge in [0.1, 0.15) is 5.82 Å². The van der Waals surface area contributed by atoms with Crippen molar-refractivity contribution >= 4 is 18.3 Å². The number of hydrogen-bond acceptors (Lipinski definition) is 2. The Morgan fingerprint density at radius 3 is 2.85 bits per heavy atom. The zero-order valence-corrected chi connectivity index (χ0v) is 12.8. The van der Waals surface area contributed by atoms with Crippen LogP contribution in [0, 0.1) is 18.7 Å². The van der Waals surface area contributed by atoms with Crippen LogP contribution in [0.1, 0.15) is 35.7 Å². The Morgan fingerprint density at radius 1 is 1.50 bits per heavy atom. The van der Waals surface area contributed by atoms with Crippen LogP contribution in [0.3, 0.4) is 0 Å². The summed E-state index contributed by atoms with van der Waals surface area (Å²) in [6.07, 6.45) is 2.03. The number of rotatable bonds is 2. The molecule has 112 valence electrons. The molecule has 1 amide bonds. The quantitative estimate of drug-likeness (QED) is 0.913. The lowest BCUT2D eigenvalue weighted by Gasteiger charge is -2.39. The van der Waals surface area contributed by atoms with Crippen molar-refractivity contribution in [2.24, 2.45) is 11.7 Å². The SMILES string of the molecule is Cc1ccc(F)c(C(=O)N2CCCC(C)C2CN)c1.Cl. The minimum Gasteiger partial charge on any atom is -0.334 e. The second-order valence-electron chi connectivity index (χ2n) is 5.40. The number of likely N-dealkylation sites (tertiary alicyclic amines) is 1. The highest BCUT2D eigenvalue weighted by Gasteiger charge is 2.32. The van der Waals surface area contributed by atoms with Crippen molar-refractivity contribution in [3.8, 4) is 0 Å². The van der Waals surface area contributed by atoms with Crippen molar-refractivity contribution in [1.29, 1.82) is 0 Å². The first-order valence-electron chi connectivity index (χ1n) is 6.81. The van der Waals surface area contributed by atoms with Gasteiger partial charge in [0.15, 0.2) is 0 Å². The molecule has 1 fully saturated rings. The first kappa shape index (κ1) is 16.9. The molecule has 20 heavy (non-hydrogen) atoms.